The van der Waals surface area contributed by atoms with E-state index in [1.165, 1.54) is 23.5 Å². The standard InChI is InChI=1S/C14H17FN2O2S/c1-7(2)10(6-18)17-14(19)13-12(16)9-5-8(15)3-4-11(9)20-13/h3-5,7,10,18H,6,16H2,1-2H3,(H,17,19). The van der Waals surface area contributed by atoms with Crippen molar-refractivity contribution in [1.29, 1.82) is 0 Å². The molecule has 1 heterocycles. The molecular formula is C14H17FN2O2S. The Hall–Kier alpha value is -1.66. The van der Waals surface area contributed by atoms with Crippen LogP contribution in [0.1, 0.15) is 23.5 Å². The zero-order chi connectivity index (χ0) is 14.9. The molecule has 0 fully saturated rings. The number of hydrogen-bond acceptors (Lipinski definition) is 4. The van der Waals surface area contributed by atoms with Crippen molar-refractivity contribution in [1.82, 2.24) is 5.32 Å². The Kier molecular flexibility index (Phi) is 4.25. The molecule has 1 aromatic heterocycles. The molecule has 1 aromatic carbocycles. The van der Waals surface area contributed by atoms with Crippen molar-refractivity contribution in [3.63, 3.8) is 0 Å². The molecule has 4 N–H and O–H groups in total. The molecular weight excluding hydrogens is 279 g/mol. The largest absolute Gasteiger partial charge is 0.397 e. The number of thiophene rings is 1. The summed E-state index contributed by atoms with van der Waals surface area (Å²) in [6, 6.07) is 3.94. The summed E-state index contributed by atoms with van der Waals surface area (Å²) in [5, 5.41) is 12.5. The van der Waals surface area contributed by atoms with Gasteiger partial charge in [-0.2, -0.15) is 0 Å². The SMILES string of the molecule is CC(C)C(CO)NC(=O)c1sc2ccc(F)cc2c1N. The van der Waals surface area contributed by atoms with Crippen LogP contribution in [-0.2, 0) is 0 Å². The van der Waals surface area contributed by atoms with E-state index in [0.717, 1.165) is 4.70 Å². The first-order valence-corrected chi connectivity index (χ1v) is 7.15. The molecule has 0 aliphatic heterocycles. The maximum Gasteiger partial charge on any atom is 0.263 e. The van der Waals surface area contributed by atoms with Crippen LogP contribution < -0.4 is 11.1 Å². The number of anilines is 1. The zero-order valence-electron chi connectivity index (χ0n) is 11.3. The summed E-state index contributed by atoms with van der Waals surface area (Å²) >= 11 is 1.22. The third-order valence-corrected chi connectivity index (χ3v) is 4.40. The number of nitrogens with one attached hydrogen (secondary N) is 1. The molecule has 0 bridgehead atoms. The van der Waals surface area contributed by atoms with Crippen LogP contribution >= 0.6 is 11.3 Å². The first kappa shape index (κ1) is 14.7. The summed E-state index contributed by atoms with van der Waals surface area (Å²) < 4.78 is 14.0. The maximum atomic E-state index is 13.2. The van der Waals surface area contributed by atoms with E-state index in [4.69, 9.17) is 5.73 Å². The van der Waals surface area contributed by atoms with Gasteiger partial charge in [-0.3, -0.25) is 4.79 Å². The van der Waals surface area contributed by atoms with Gasteiger partial charge in [-0.05, 0) is 24.1 Å². The molecule has 0 aliphatic carbocycles. The van der Waals surface area contributed by atoms with Gasteiger partial charge in [-0.1, -0.05) is 13.8 Å². The summed E-state index contributed by atoms with van der Waals surface area (Å²) in [7, 11) is 0. The number of carbonyl (C=O) groups is 1. The number of aliphatic hydroxyl groups excluding tert-OH is 1. The van der Waals surface area contributed by atoms with E-state index in [1.54, 1.807) is 6.07 Å². The molecule has 1 atom stereocenters. The summed E-state index contributed by atoms with van der Waals surface area (Å²) in [5.41, 5.74) is 6.20. The van der Waals surface area contributed by atoms with Crippen LogP contribution in [0.25, 0.3) is 10.1 Å². The van der Waals surface area contributed by atoms with Crippen LogP contribution in [0.2, 0.25) is 0 Å². The molecule has 0 saturated heterocycles. The Balaban J connectivity index is 2.33. The Labute approximate surface area is 120 Å². The molecule has 0 aliphatic rings. The molecule has 20 heavy (non-hydrogen) atoms. The number of benzene rings is 1. The van der Waals surface area contributed by atoms with Crippen molar-refractivity contribution in [3.8, 4) is 0 Å². The number of nitrogens with two attached hydrogens (primary N) is 1. The van der Waals surface area contributed by atoms with E-state index >= 15 is 0 Å². The first-order valence-electron chi connectivity index (χ1n) is 6.33. The van der Waals surface area contributed by atoms with Crippen LogP contribution in [0.5, 0.6) is 0 Å². The van der Waals surface area contributed by atoms with Crippen LogP contribution in [0.3, 0.4) is 0 Å². The molecule has 0 saturated carbocycles. The highest BCUT2D eigenvalue weighted by Gasteiger charge is 2.21. The third kappa shape index (κ3) is 2.76. The smallest absolute Gasteiger partial charge is 0.263 e. The third-order valence-electron chi connectivity index (χ3n) is 3.21. The quantitative estimate of drug-likeness (QED) is 0.811. The highest BCUT2D eigenvalue weighted by Crippen LogP contribution is 2.34. The Bertz CT molecular complexity index is 639. The van der Waals surface area contributed by atoms with Gasteiger partial charge in [0.15, 0.2) is 0 Å². The Morgan fingerprint density at radius 2 is 2.20 bits per heavy atom. The summed E-state index contributed by atoms with van der Waals surface area (Å²) in [4.78, 5) is 12.6. The summed E-state index contributed by atoms with van der Waals surface area (Å²) in [6.45, 7) is 3.68. The minimum atomic E-state index is -0.385. The minimum absolute atomic E-state index is 0.108. The number of fused-ring (bicyclic) bond motifs is 1. The van der Waals surface area contributed by atoms with Crippen LogP contribution in [-0.4, -0.2) is 23.7 Å². The number of carbonyl (C=O) groups excluding carboxylic acids is 1. The number of hydrogen-bond donors (Lipinski definition) is 3. The van der Waals surface area contributed by atoms with Gasteiger partial charge in [0, 0.05) is 10.1 Å². The molecule has 2 aromatic rings. The van der Waals surface area contributed by atoms with E-state index in [1.807, 2.05) is 13.8 Å². The lowest BCUT2D eigenvalue weighted by atomic mass is 10.1. The predicted octanol–water partition coefficient (Wildman–Crippen LogP) is 2.37. The number of amides is 1. The van der Waals surface area contributed by atoms with E-state index < -0.39 is 0 Å². The normalized spacial score (nSPS) is 12.8. The fourth-order valence-corrected chi connectivity index (χ4v) is 2.92. The maximum absolute atomic E-state index is 13.2. The fraction of sp³-hybridized carbons (Fsp3) is 0.357. The summed E-state index contributed by atoms with van der Waals surface area (Å²) in [5.74, 6) is -0.613. The Morgan fingerprint density at radius 1 is 1.50 bits per heavy atom. The molecule has 1 amide bonds. The van der Waals surface area contributed by atoms with Crippen molar-refractivity contribution in [2.75, 3.05) is 12.3 Å². The highest BCUT2D eigenvalue weighted by molar-refractivity contribution is 7.21. The van der Waals surface area contributed by atoms with Gasteiger partial charge in [0.2, 0.25) is 0 Å². The van der Waals surface area contributed by atoms with E-state index in [9.17, 15) is 14.3 Å². The van der Waals surface area contributed by atoms with Gasteiger partial charge in [-0.15, -0.1) is 11.3 Å². The van der Waals surface area contributed by atoms with Crippen molar-refractivity contribution in [2.24, 2.45) is 5.92 Å². The molecule has 0 radical (unpaired) electrons. The fourth-order valence-electron chi connectivity index (χ4n) is 1.91. The van der Waals surface area contributed by atoms with Crippen LogP contribution in [0, 0.1) is 11.7 Å². The number of aliphatic hydroxyl groups is 1. The van der Waals surface area contributed by atoms with Gasteiger partial charge in [0.25, 0.3) is 5.91 Å². The topological polar surface area (TPSA) is 75.3 Å². The lowest BCUT2D eigenvalue weighted by Crippen LogP contribution is -2.41. The zero-order valence-corrected chi connectivity index (χ0v) is 12.1. The average Bonchev–Trinajstić information content (AvgIpc) is 2.73. The number of rotatable bonds is 4. The second-order valence-corrected chi connectivity index (χ2v) is 6.04. The molecule has 0 spiro atoms. The van der Waals surface area contributed by atoms with E-state index in [2.05, 4.69) is 5.32 Å². The average molecular weight is 296 g/mol. The van der Waals surface area contributed by atoms with Crippen LogP contribution in [0.4, 0.5) is 10.1 Å². The predicted molar refractivity (Wildman–Crippen MR) is 79.4 cm³/mol. The first-order chi connectivity index (χ1) is 9.43. The van der Waals surface area contributed by atoms with E-state index in [-0.39, 0.29) is 36.0 Å². The van der Waals surface area contributed by atoms with Crippen LogP contribution in [0.15, 0.2) is 18.2 Å². The second kappa shape index (κ2) is 5.76. The van der Waals surface area contributed by atoms with Gasteiger partial charge >= 0.3 is 0 Å². The van der Waals surface area contributed by atoms with Crippen molar-refractivity contribution in [2.45, 2.75) is 19.9 Å². The van der Waals surface area contributed by atoms with Crippen molar-refractivity contribution < 1.29 is 14.3 Å². The summed E-state index contributed by atoms with van der Waals surface area (Å²) in [6.07, 6.45) is 0. The number of nitrogen functional groups attached to an aromatic ring is 1. The van der Waals surface area contributed by atoms with Crippen molar-refractivity contribution in [3.05, 3.63) is 28.9 Å². The molecule has 1 unspecified atom stereocenters. The second-order valence-electron chi connectivity index (χ2n) is 4.99. The Morgan fingerprint density at radius 3 is 2.80 bits per heavy atom. The number of halogens is 1. The van der Waals surface area contributed by atoms with Gasteiger partial charge in [0.05, 0.1) is 18.3 Å². The minimum Gasteiger partial charge on any atom is -0.397 e. The van der Waals surface area contributed by atoms with Gasteiger partial charge in [0.1, 0.15) is 10.7 Å². The lowest BCUT2D eigenvalue weighted by molar-refractivity contribution is 0.0902. The highest BCUT2D eigenvalue weighted by atomic mass is 32.1. The molecule has 4 nitrogen and oxygen atoms in total. The molecule has 108 valence electrons. The van der Waals surface area contributed by atoms with Gasteiger partial charge < -0.3 is 16.2 Å². The monoisotopic (exact) mass is 296 g/mol. The van der Waals surface area contributed by atoms with Gasteiger partial charge in [-0.25, -0.2) is 4.39 Å². The molecule has 6 heteroatoms. The lowest BCUT2D eigenvalue weighted by Gasteiger charge is -2.19. The molecule has 2 rings (SSSR count). The van der Waals surface area contributed by atoms with Crippen molar-refractivity contribution >= 4 is 33.0 Å². The van der Waals surface area contributed by atoms with E-state index in [0.29, 0.717) is 10.3 Å².